The predicted molar refractivity (Wildman–Crippen MR) is 71.4 cm³/mol. The molecule has 0 bridgehead atoms. The highest BCUT2D eigenvalue weighted by Gasteiger charge is 2.29. The van der Waals surface area contributed by atoms with Gasteiger partial charge in [0.05, 0.1) is 12.5 Å². The van der Waals surface area contributed by atoms with Crippen molar-refractivity contribution < 1.29 is 9.53 Å². The summed E-state index contributed by atoms with van der Waals surface area (Å²) in [6, 6.07) is 8.00. The Labute approximate surface area is 108 Å². The molecule has 2 rings (SSSR count). The van der Waals surface area contributed by atoms with Gasteiger partial charge in [0, 0.05) is 24.4 Å². The molecule has 1 fully saturated rings. The van der Waals surface area contributed by atoms with E-state index in [-0.39, 0.29) is 17.9 Å². The van der Waals surface area contributed by atoms with Crippen LogP contribution in [0.4, 0.5) is 5.69 Å². The molecule has 4 heteroatoms. The van der Waals surface area contributed by atoms with Crippen molar-refractivity contribution in [1.82, 2.24) is 5.32 Å². The number of nitrogens with one attached hydrogen (secondary N) is 2. The maximum absolute atomic E-state index is 12.2. The van der Waals surface area contributed by atoms with Crippen LogP contribution >= 0.6 is 0 Å². The zero-order chi connectivity index (χ0) is 13.0. The van der Waals surface area contributed by atoms with Crippen LogP contribution in [0.2, 0.25) is 0 Å². The molecule has 0 aliphatic carbocycles. The molecule has 2 atom stereocenters. The Morgan fingerprint density at radius 3 is 2.94 bits per heavy atom. The molecule has 1 aliphatic rings. The number of hydrogen-bond acceptors (Lipinski definition) is 3. The average Bonchev–Trinajstić information content (AvgIpc) is 2.78. The third kappa shape index (κ3) is 2.89. The van der Waals surface area contributed by atoms with Crippen molar-refractivity contribution >= 4 is 11.6 Å². The molecule has 1 aromatic rings. The van der Waals surface area contributed by atoms with Gasteiger partial charge in [-0.2, -0.15) is 0 Å². The number of rotatable bonds is 4. The van der Waals surface area contributed by atoms with Crippen LogP contribution in [0.5, 0.6) is 0 Å². The highest BCUT2D eigenvalue weighted by Crippen LogP contribution is 2.20. The minimum absolute atomic E-state index is 0.0561. The topological polar surface area (TPSA) is 50.4 Å². The molecule has 2 unspecified atom stereocenters. The summed E-state index contributed by atoms with van der Waals surface area (Å²) in [5.74, 6) is 0.150. The van der Waals surface area contributed by atoms with E-state index in [0.717, 1.165) is 24.2 Å². The number of anilines is 1. The fourth-order valence-corrected chi connectivity index (χ4v) is 2.37. The second-order valence-corrected chi connectivity index (χ2v) is 4.72. The number of hydrogen-bond donors (Lipinski definition) is 2. The number of methoxy groups -OCH3 is 1. The van der Waals surface area contributed by atoms with Crippen LogP contribution < -0.4 is 10.6 Å². The Kier molecular flexibility index (Phi) is 4.33. The van der Waals surface area contributed by atoms with E-state index in [0.29, 0.717) is 6.61 Å². The van der Waals surface area contributed by atoms with Gasteiger partial charge in [-0.1, -0.05) is 18.2 Å². The van der Waals surface area contributed by atoms with Crippen molar-refractivity contribution in [2.75, 3.05) is 19.0 Å². The quantitative estimate of drug-likeness (QED) is 0.853. The van der Waals surface area contributed by atoms with Crippen LogP contribution in [-0.4, -0.2) is 25.6 Å². The van der Waals surface area contributed by atoms with Crippen LogP contribution in [0, 0.1) is 5.92 Å². The molecule has 4 nitrogen and oxygen atoms in total. The van der Waals surface area contributed by atoms with Crippen molar-refractivity contribution in [3.05, 3.63) is 29.8 Å². The van der Waals surface area contributed by atoms with Gasteiger partial charge in [0.15, 0.2) is 0 Å². The van der Waals surface area contributed by atoms with Gasteiger partial charge in [0.1, 0.15) is 0 Å². The Morgan fingerprint density at radius 1 is 1.50 bits per heavy atom. The van der Waals surface area contributed by atoms with Crippen molar-refractivity contribution in [2.24, 2.45) is 5.92 Å². The fourth-order valence-electron chi connectivity index (χ4n) is 2.37. The highest BCUT2D eigenvalue weighted by atomic mass is 16.5. The van der Waals surface area contributed by atoms with Gasteiger partial charge in [0.25, 0.3) is 0 Å². The van der Waals surface area contributed by atoms with Gasteiger partial charge >= 0.3 is 0 Å². The van der Waals surface area contributed by atoms with Crippen LogP contribution in [0.3, 0.4) is 0 Å². The zero-order valence-corrected chi connectivity index (χ0v) is 10.9. The molecule has 0 radical (unpaired) electrons. The lowest BCUT2D eigenvalue weighted by molar-refractivity contribution is -0.120. The first-order valence-electron chi connectivity index (χ1n) is 6.33. The second-order valence-electron chi connectivity index (χ2n) is 4.72. The number of carbonyl (C=O) groups is 1. The standard InChI is InChI=1S/C14H20N2O2/c1-10-12(7-8-15-10)14(17)16-13-6-4-3-5-11(13)9-18-2/h3-6,10,12,15H,7-9H2,1-2H3,(H,16,17). The molecular weight excluding hydrogens is 228 g/mol. The van der Waals surface area contributed by atoms with Crippen LogP contribution in [0.25, 0.3) is 0 Å². The van der Waals surface area contributed by atoms with Crippen molar-refractivity contribution in [2.45, 2.75) is 26.0 Å². The first-order valence-corrected chi connectivity index (χ1v) is 6.33. The Hall–Kier alpha value is -1.39. The van der Waals surface area contributed by atoms with E-state index >= 15 is 0 Å². The molecule has 1 amide bonds. The van der Waals surface area contributed by atoms with Crippen LogP contribution in [0.1, 0.15) is 18.9 Å². The number of amides is 1. The summed E-state index contributed by atoms with van der Waals surface area (Å²) in [5.41, 5.74) is 1.86. The fraction of sp³-hybridized carbons (Fsp3) is 0.500. The first kappa shape index (κ1) is 13.1. The minimum atomic E-state index is 0.0561. The summed E-state index contributed by atoms with van der Waals surface area (Å²) in [6.45, 7) is 3.48. The SMILES string of the molecule is COCc1ccccc1NC(=O)C1CCNC1C. The summed E-state index contributed by atoms with van der Waals surface area (Å²) in [6.07, 6.45) is 0.902. The predicted octanol–water partition coefficient (Wildman–Crippen LogP) is 1.77. The lowest BCUT2D eigenvalue weighted by Gasteiger charge is -2.16. The Bertz CT molecular complexity index is 420. The summed E-state index contributed by atoms with van der Waals surface area (Å²) in [5, 5.41) is 6.30. The van der Waals surface area contributed by atoms with Crippen LogP contribution in [-0.2, 0) is 16.1 Å². The molecule has 0 saturated carbocycles. The van der Waals surface area contributed by atoms with E-state index in [9.17, 15) is 4.79 Å². The van der Waals surface area contributed by atoms with E-state index in [1.807, 2.05) is 24.3 Å². The normalized spacial score (nSPS) is 23.0. The van der Waals surface area contributed by atoms with Gasteiger partial charge in [-0.3, -0.25) is 4.79 Å². The van der Waals surface area contributed by atoms with E-state index in [4.69, 9.17) is 4.74 Å². The highest BCUT2D eigenvalue weighted by molar-refractivity contribution is 5.93. The molecule has 1 aliphatic heterocycles. The van der Waals surface area contributed by atoms with Gasteiger partial charge < -0.3 is 15.4 Å². The number of para-hydroxylation sites is 1. The largest absolute Gasteiger partial charge is 0.380 e. The molecule has 0 spiro atoms. The van der Waals surface area contributed by atoms with Gasteiger partial charge in [-0.05, 0) is 26.0 Å². The van der Waals surface area contributed by atoms with Gasteiger partial charge in [-0.15, -0.1) is 0 Å². The average molecular weight is 248 g/mol. The molecular formula is C14H20N2O2. The number of ether oxygens (including phenoxy) is 1. The summed E-state index contributed by atoms with van der Waals surface area (Å²) in [4.78, 5) is 12.2. The van der Waals surface area contributed by atoms with E-state index in [1.54, 1.807) is 7.11 Å². The molecule has 2 N–H and O–H groups in total. The minimum Gasteiger partial charge on any atom is -0.380 e. The molecule has 18 heavy (non-hydrogen) atoms. The molecule has 0 aromatic heterocycles. The van der Waals surface area contributed by atoms with E-state index < -0.39 is 0 Å². The third-order valence-corrected chi connectivity index (χ3v) is 3.44. The molecule has 1 aromatic carbocycles. The van der Waals surface area contributed by atoms with Gasteiger partial charge in [-0.25, -0.2) is 0 Å². The lowest BCUT2D eigenvalue weighted by atomic mass is 10.0. The summed E-state index contributed by atoms with van der Waals surface area (Å²) >= 11 is 0. The third-order valence-electron chi connectivity index (χ3n) is 3.44. The first-order chi connectivity index (χ1) is 8.72. The van der Waals surface area contributed by atoms with Crippen molar-refractivity contribution in [3.63, 3.8) is 0 Å². The maximum Gasteiger partial charge on any atom is 0.229 e. The Morgan fingerprint density at radius 2 is 2.28 bits per heavy atom. The molecule has 98 valence electrons. The lowest BCUT2D eigenvalue weighted by Crippen LogP contribution is -2.32. The van der Waals surface area contributed by atoms with E-state index in [1.165, 1.54) is 0 Å². The van der Waals surface area contributed by atoms with Gasteiger partial charge in [0.2, 0.25) is 5.91 Å². The van der Waals surface area contributed by atoms with Crippen molar-refractivity contribution in [1.29, 1.82) is 0 Å². The zero-order valence-electron chi connectivity index (χ0n) is 10.9. The monoisotopic (exact) mass is 248 g/mol. The number of carbonyl (C=O) groups excluding carboxylic acids is 1. The van der Waals surface area contributed by atoms with Crippen LogP contribution in [0.15, 0.2) is 24.3 Å². The molecule has 1 heterocycles. The summed E-state index contributed by atoms with van der Waals surface area (Å²) < 4.78 is 5.13. The molecule has 1 saturated heterocycles. The number of benzene rings is 1. The smallest absolute Gasteiger partial charge is 0.229 e. The van der Waals surface area contributed by atoms with E-state index in [2.05, 4.69) is 17.6 Å². The Balaban J connectivity index is 2.06. The maximum atomic E-state index is 12.2. The second kappa shape index (κ2) is 5.98. The van der Waals surface area contributed by atoms with Crippen molar-refractivity contribution in [3.8, 4) is 0 Å². The summed E-state index contributed by atoms with van der Waals surface area (Å²) in [7, 11) is 1.65.